The van der Waals surface area contributed by atoms with Crippen molar-refractivity contribution in [1.82, 2.24) is 89.7 Å². The molecule has 0 atom stereocenters. The van der Waals surface area contributed by atoms with Gasteiger partial charge in [0.15, 0.2) is 5.82 Å². The number of fused-ring (bicyclic) bond motifs is 27. The third-order valence-electron chi connectivity index (χ3n) is 24.0. The first kappa shape index (κ1) is 76.6. The van der Waals surface area contributed by atoms with Crippen LogP contribution in [0.3, 0.4) is 0 Å². The molecule has 0 aliphatic heterocycles. The molecule has 0 saturated heterocycles. The van der Waals surface area contributed by atoms with E-state index in [2.05, 4.69) is 210 Å². The number of para-hydroxylation sites is 2. The van der Waals surface area contributed by atoms with Gasteiger partial charge in [-0.15, -0.1) is 0 Å². The molecule has 618 valence electrons. The highest BCUT2D eigenvalue weighted by atomic mass is 16.5. The Morgan fingerprint density at radius 2 is 0.669 bits per heavy atom. The van der Waals surface area contributed by atoms with Crippen molar-refractivity contribution in [3.63, 3.8) is 0 Å². The zero-order valence-corrected chi connectivity index (χ0v) is 69.3. The number of methoxy groups -OCH3 is 1. The monoisotopic (exact) mass is 1680 g/mol. The van der Waals surface area contributed by atoms with Crippen LogP contribution in [0.1, 0.15) is 20.7 Å². The van der Waals surface area contributed by atoms with Crippen LogP contribution < -0.4 is 0 Å². The van der Waals surface area contributed by atoms with Crippen LogP contribution in [-0.2, 0) is 4.74 Å². The number of benzene rings is 14. The van der Waals surface area contributed by atoms with Crippen LogP contribution in [0.15, 0.2) is 359 Å². The summed E-state index contributed by atoms with van der Waals surface area (Å²) in [5.41, 5.74) is 24.1. The summed E-state index contributed by atoms with van der Waals surface area (Å²) in [4.78, 5) is 96.3. The number of carboxylic acid groups (broad SMARTS) is 1. The van der Waals surface area contributed by atoms with Crippen molar-refractivity contribution < 1.29 is 19.4 Å². The number of nitrogens with zero attached hydrogens (tertiary/aromatic N) is 9. The van der Waals surface area contributed by atoms with Crippen molar-refractivity contribution in [2.24, 2.45) is 0 Å². The maximum Gasteiger partial charge on any atom is 0.337 e. The molecular weight excluding hydrogens is 1610 g/mol. The number of esters is 1. The fourth-order valence-corrected chi connectivity index (χ4v) is 17.9. The first-order chi connectivity index (χ1) is 64.2. The number of H-pyrrole nitrogens is 9. The van der Waals surface area contributed by atoms with E-state index < -0.39 is 5.97 Å². The van der Waals surface area contributed by atoms with Crippen LogP contribution in [0.4, 0.5) is 0 Å². The third kappa shape index (κ3) is 13.4. The molecule has 130 heavy (non-hydrogen) atoms. The molecule has 27 aromatic rings. The number of hydrogen-bond donors (Lipinski definition) is 10. The lowest BCUT2D eigenvalue weighted by Gasteiger charge is -2.05. The summed E-state index contributed by atoms with van der Waals surface area (Å²) >= 11 is 0. The van der Waals surface area contributed by atoms with Crippen molar-refractivity contribution >= 4 is 175 Å². The summed E-state index contributed by atoms with van der Waals surface area (Å²) in [6.45, 7) is 0. The average molecular weight is 1690 g/mol. The Morgan fingerprint density at radius 1 is 0.277 bits per heavy atom. The minimum absolute atomic E-state index is 0.265. The molecule has 13 aromatic heterocycles. The Kier molecular flexibility index (Phi) is 18.9. The number of hydrogen-bond acceptors (Lipinski definition) is 12. The number of carboxylic acids is 1. The highest BCUT2D eigenvalue weighted by Gasteiger charge is 2.24. The van der Waals surface area contributed by atoms with E-state index >= 15 is 0 Å². The number of carbonyl (C=O) groups is 2. The zero-order chi connectivity index (χ0) is 86.9. The van der Waals surface area contributed by atoms with E-state index in [-0.39, 0.29) is 11.5 Å². The van der Waals surface area contributed by atoms with Crippen LogP contribution in [0.2, 0.25) is 0 Å². The predicted octanol–water partition coefficient (Wildman–Crippen LogP) is 25.4. The molecule has 13 heterocycles. The van der Waals surface area contributed by atoms with E-state index in [1.165, 1.54) is 39.4 Å². The number of rotatable bonds is 9. The van der Waals surface area contributed by atoms with Gasteiger partial charge in [0, 0.05) is 159 Å². The van der Waals surface area contributed by atoms with Gasteiger partial charge >= 0.3 is 11.9 Å². The quantitative estimate of drug-likeness (QED) is 0.0475. The molecule has 0 spiro atoms. The SMILES string of the molecule is COC(=O)c1ccc2c(-c3nc(-c4ccccc4)c(-c4ccccc4)[nH]3)c[nH]c2c1.O=C(O)c1ccc(-c2nc3c4ccccc4c4ccccc4c3[nH]2)cc1.c1c[nH]c(-c2nc3c4ccccc4c4ccccc4c3[nH]2)c1.c1ccc2c(-c3nc4c5cccnc5c5ncccc5c4[nH]3)c[nH]c2c1.c1ccc2c(-c3nc4c5ncccc5c5cccnc5c4[nH]3)c[nH]c2c1. The van der Waals surface area contributed by atoms with Gasteiger partial charge in [0.1, 0.15) is 28.8 Å². The Bertz CT molecular complexity index is 8500. The summed E-state index contributed by atoms with van der Waals surface area (Å²) in [5.74, 6) is 2.76. The van der Waals surface area contributed by atoms with Gasteiger partial charge in [0.2, 0.25) is 0 Å². The van der Waals surface area contributed by atoms with Crippen molar-refractivity contribution in [1.29, 1.82) is 0 Å². The van der Waals surface area contributed by atoms with E-state index in [9.17, 15) is 9.59 Å². The topological polar surface area (TPSA) is 322 Å². The van der Waals surface area contributed by atoms with Crippen molar-refractivity contribution in [3.8, 4) is 79.6 Å². The summed E-state index contributed by atoms with van der Waals surface area (Å²) in [6, 6.07) is 103. The number of carbonyl (C=O) groups excluding carboxylic acids is 1. The highest BCUT2D eigenvalue weighted by molar-refractivity contribution is 6.26. The van der Waals surface area contributed by atoms with Gasteiger partial charge in [0.25, 0.3) is 0 Å². The second-order valence-corrected chi connectivity index (χ2v) is 31.5. The number of ether oxygens (including phenoxy) is 1. The highest BCUT2D eigenvalue weighted by Crippen LogP contribution is 2.42. The molecular formula is C108H72N18O4. The van der Waals surface area contributed by atoms with Gasteiger partial charge in [-0.1, -0.05) is 224 Å². The van der Waals surface area contributed by atoms with E-state index in [0.29, 0.717) is 5.56 Å². The molecule has 0 fully saturated rings. The number of aromatic carboxylic acids is 1. The molecule has 0 unspecified atom stereocenters. The normalized spacial score (nSPS) is 11.5. The summed E-state index contributed by atoms with van der Waals surface area (Å²) in [6.07, 6.45) is 15.1. The molecule has 22 heteroatoms. The Labute approximate surface area is 736 Å². The van der Waals surface area contributed by atoms with E-state index in [1.807, 2.05) is 165 Å². The number of pyridine rings is 4. The smallest absolute Gasteiger partial charge is 0.337 e. The minimum Gasteiger partial charge on any atom is -0.478 e. The Morgan fingerprint density at radius 3 is 1.24 bits per heavy atom. The van der Waals surface area contributed by atoms with E-state index in [1.54, 1.807) is 48.8 Å². The molecule has 0 aliphatic carbocycles. The molecule has 14 aromatic carbocycles. The van der Waals surface area contributed by atoms with Crippen LogP contribution in [0, 0.1) is 0 Å². The van der Waals surface area contributed by atoms with Crippen LogP contribution >= 0.6 is 0 Å². The maximum atomic E-state index is 11.8. The second kappa shape index (κ2) is 32.1. The molecule has 0 bridgehead atoms. The number of aromatic amines is 9. The number of nitrogens with one attached hydrogen (secondary N) is 9. The first-order valence-electron chi connectivity index (χ1n) is 42.3. The van der Waals surface area contributed by atoms with Gasteiger partial charge in [-0.3, -0.25) is 19.9 Å². The molecule has 0 radical (unpaired) electrons. The largest absolute Gasteiger partial charge is 0.478 e. The van der Waals surface area contributed by atoms with Gasteiger partial charge in [-0.25, -0.2) is 34.5 Å². The molecule has 0 amide bonds. The first-order valence-corrected chi connectivity index (χ1v) is 42.3. The predicted molar refractivity (Wildman–Crippen MR) is 520 cm³/mol. The lowest BCUT2D eigenvalue weighted by molar-refractivity contribution is 0.0600. The standard InChI is InChI=1S/C25H19N3O2.C22H14N2O2.2C21H13N5.C19H13N3/c1-30-25(29)18-12-13-19-20(15-26-21(19)14-18)24-27-22(16-8-4-2-5-9-16)23(28-24)17-10-6-3-7-11-17;25-22(26)14-11-9-13(10-12-14)21-23-19-17-7-3-1-5-15(17)16-6-2-4-8-18(16)20(19)24-21;1-2-8-16-12(5-1)15(11-24-16)21-25-19-13-6-3-9-22-17(13)18-14(20(19)26-21)7-4-10-23-18;1-2-8-16-12(5-1)15(11-24-16)21-25-19-17-13(6-3-9-22-17)14-7-4-10-23-18(14)20(19)26-21;1-3-8-14-12(6-1)13-7-2-4-9-15(13)18-17(14)21-19(22-18)16-10-5-11-20-16/h2-15,26H,1H3,(H,27,28);1-12H,(H,23,24)(H,25,26);2*1-11,24H,(H,25,26);1-11,20H,(H,21,22). The minimum atomic E-state index is -0.932. The lowest BCUT2D eigenvalue weighted by atomic mass is 10.0. The number of aromatic nitrogens is 18. The lowest BCUT2D eigenvalue weighted by Crippen LogP contribution is -2.00. The fourth-order valence-electron chi connectivity index (χ4n) is 17.9. The van der Waals surface area contributed by atoms with Crippen molar-refractivity contribution in [2.75, 3.05) is 7.11 Å². The fraction of sp³-hybridized carbons (Fsp3) is 0.00926. The molecule has 0 aliphatic rings. The Balaban J connectivity index is 0.0000000928. The van der Waals surface area contributed by atoms with Gasteiger partial charge < -0.3 is 54.7 Å². The molecule has 22 nitrogen and oxygen atoms in total. The molecule has 27 rings (SSSR count). The average Bonchev–Trinajstić information content (AvgIpc) is 1.56. The van der Waals surface area contributed by atoms with Crippen LogP contribution in [0.25, 0.3) is 243 Å². The van der Waals surface area contributed by atoms with Crippen LogP contribution in [-0.4, -0.2) is 114 Å². The number of imidazole rings is 5. The maximum absolute atomic E-state index is 11.8. The third-order valence-corrected chi connectivity index (χ3v) is 24.0. The van der Waals surface area contributed by atoms with Gasteiger partial charge in [-0.2, -0.15) is 0 Å². The summed E-state index contributed by atoms with van der Waals surface area (Å²) in [7, 11) is 1.38. The van der Waals surface area contributed by atoms with E-state index in [4.69, 9.17) is 34.8 Å². The van der Waals surface area contributed by atoms with Crippen LogP contribution in [0.5, 0.6) is 0 Å². The summed E-state index contributed by atoms with van der Waals surface area (Å²) < 4.78 is 4.82. The molecule has 10 N–H and O–H groups in total. The zero-order valence-electron chi connectivity index (χ0n) is 69.3. The van der Waals surface area contributed by atoms with Crippen molar-refractivity contribution in [3.05, 3.63) is 370 Å². The Hall–Kier alpha value is -18.3. The van der Waals surface area contributed by atoms with Gasteiger partial charge in [0.05, 0.1) is 96.0 Å². The molecule has 0 saturated carbocycles. The summed E-state index contributed by atoms with van der Waals surface area (Å²) in [5, 5.41) is 26.0. The van der Waals surface area contributed by atoms with E-state index in [0.717, 1.165) is 211 Å². The van der Waals surface area contributed by atoms with Gasteiger partial charge in [-0.05, 0) is 106 Å². The second-order valence-electron chi connectivity index (χ2n) is 31.5. The van der Waals surface area contributed by atoms with Crippen molar-refractivity contribution in [2.45, 2.75) is 0 Å².